The fraction of sp³-hybridized carbons (Fsp3) is 1.00. The summed E-state index contributed by atoms with van der Waals surface area (Å²) in [6.45, 7) is 11.5. The Morgan fingerprint density at radius 2 is 1.50 bits per heavy atom. The number of hydrogen-bond donors (Lipinski definition) is 1. The van der Waals surface area contributed by atoms with Gasteiger partial charge in [-0.25, -0.2) is 0 Å². The van der Waals surface area contributed by atoms with E-state index < -0.39 is 19.8 Å². The monoisotopic (exact) mass is 366 g/mol. The van der Waals surface area contributed by atoms with E-state index in [2.05, 4.69) is 38.3 Å². The molecule has 0 radical (unpaired) electrons. The number of nitrogens with one attached hydrogen (secondary N) is 1. The van der Waals surface area contributed by atoms with Crippen molar-refractivity contribution in [2.24, 2.45) is 8.75 Å². The van der Waals surface area contributed by atoms with E-state index >= 15 is 0 Å². The Hall–Kier alpha value is 0.500. The van der Waals surface area contributed by atoms with Crippen LogP contribution in [0.1, 0.15) is 53.9 Å². The van der Waals surface area contributed by atoms with Crippen molar-refractivity contribution in [1.29, 1.82) is 0 Å². The van der Waals surface area contributed by atoms with Gasteiger partial charge in [-0.1, -0.05) is 0 Å². The summed E-state index contributed by atoms with van der Waals surface area (Å²) < 4.78 is 8.21. The van der Waals surface area contributed by atoms with E-state index in [1.807, 2.05) is 7.05 Å². The maximum absolute atomic E-state index is 4.93. The summed E-state index contributed by atoms with van der Waals surface area (Å²) in [6.07, 6.45) is 3.71. The van der Waals surface area contributed by atoms with Gasteiger partial charge in [0.1, 0.15) is 0 Å². The zero-order chi connectivity index (χ0) is 11.2. The molecule has 84 valence electrons. The van der Waals surface area contributed by atoms with Gasteiger partial charge in [-0.05, 0) is 0 Å². The standard InChI is InChI=1S/C10H21N.CH4N.Ta/c1-6-10(7-2,8-3)9(4,5)11;1-2;/h6-8H2,1-5H3;2H,1H3;/q;-1;+1. The molecule has 0 aliphatic heterocycles. The molecule has 0 aromatic rings. The van der Waals surface area contributed by atoms with Crippen LogP contribution in [0.2, 0.25) is 0 Å². The van der Waals surface area contributed by atoms with Gasteiger partial charge >= 0.3 is 98.8 Å². The summed E-state index contributed by atoms with van der Waals surface area (Å²) in [6, 6.07) is 0. The number of rotatable bonds is 6. The molecule has 0 amide bonds. The second kappa shape index (κ2) is 6.16. The topological polar surface area (TPSA) is 24.4 Å². The summed E-state index contributed by atoms with van der Waals surface area (Å²) in [5, 5.41) is 0. The predicted molar refractivity (Wildman–Crippen MR) is 58.9 cm³/mol. The van der Waals surface area contributed by atoms with Crippen molar-refractivity contribution in [3.63, 3.8) is 0 Å². The molecule has 0 aliphatic rings. The first kappa shape index (κ1) is 14.5. The van der Waals surface area contributed by atoms with Crippen LogP contribution in [-0.2, 0) is 19.8 Å². The quantitative estimate of drug-likeness (QED) is 0.766. The van der Waals surface area contributed by atoms with Crippen molar-refractivity contribution in [3.8, 4) is 0 Å². The van der Waals surface area contributed by atoms with Crippen LogP contribution >= 0.6 is 0 Å². The van der Waals surface area contributed by atoms with Crippen LogP contribution in [-0.4, -0.2) is 12.6 Å². The van der Waals surface area contributed by atoms with Crippen LogP contribution in [0.3, 0.4) is 0 Å². The third-order valence-corrected chi connectivity index (χ3v) is 6.60. The van der Waals surface area contributed by atoms with E-state index in [1.54, 1.807) is 0 Å². The molecule has 0 unspecified atom stereocenters. The molecule has 0 bridgehead atoms. The van der Waals surface area contributed by atoms with E-state index in [9.17, 15) is 0 Å². The predicted octanol–water partition coefficient (Wildman–Crippen LogP) is 3.38. The average Bonchev–Trinajstić information content (AvgIpc) is 2.18. The second-order valence-corrected chi connectivity index (χ2v) is 7.37. The van der Waals surface area contributed by atoms with E-state index in [4.69, 9.17) is 3.34 Å². The molecule has 0 saturated heterocycles. The Morgan fingerprint density at radius 3 is 1.79 bits per heavy atom. The molecule has 0 atom stereocenters. The first-order valence-corrected chi connectivity index (χ1v) is 8.62. The van der Waals surface area contributed by atoms with E-state index in [1.165, 1.54) is 19.3 Å². The zero-order valence-corrected chi connectivity index (χ0v) is 13.7. The van der Waals surface area contributed by atoms with Crippen molar-refractivity contribution in [1.82, 2.24) is 3.72 Å². The van der Waals surface area contributed by atoms with Crippen molar-refractivity contribution in [3.05, 3.63) is 0 Å². The van der Waals surface area contributed by atoms with Crippen molar-refractivity contribution < 1.29 is 19.8 Å². The van der Waals surface area contributed by atoms with E-state index in [0.717, 1.165) is 0 Å². The molecule has 0 heterocycles. The Labute approximate surface area is 98.8 Å². The molecule has 14 heavy (non-hydrogen) atoms. The first-order chi connectivity index (χ1) is 6.49. The van der Waals surface area contributed by atoms with E-state index in [0.29, 0.717) is 5.41 Å². The van der Waals surface area contributed by atoms with E-state index in [-0.39, 0.29) is 5.54 Å². The van der Waals surface area contributed by atoms with Crippen LogP contribution in [0, 0.1) is 5.41 Å². The van der Waals surface area contributed by atoms with Gasteiger partial charge in [-0.15, -0.1) is 0 Å². The number of nitrogens with zero attached hydrogens (tertiary/aromatic N) is 1. The van der Waals surface area contributed by atoms with Crippen LogP contribution in [0.5, 0.6) is 0 Å². The molecular formula is C11H25N2Ta. The van der Waals surface area contributed by atoms with Gasteiger partial charge in [-0.3, -0.25) is 0 Å². The van der Waals surface area contributed by atoms with Gasteiger partial charge in [0.25, 0.3) is 0 Å². The van der Waals surface area contributed by atoms with Gasteiger partial charge in [0.15, 0.2) is 0 Å². The molecule has 0 aliphatic carbocycles. The summed E-state index contributed by atoms with van der Waals surface area (Å²) in [4.78, 5) is 0. The van der Waals surface area contributed by atoms with Crippen LogP contribution in [0.25, 0.3) is 0 Å². The van der Waals surface area contributed by atoms with Crippen LogP contribution < -0.4 is 3.72 Å². The van der Waals surface area contributed by atoms with Crippen LogP contribution in [0.4, 0.5) is 0 Å². The summed E-state index contributed by atoms with van der Waals surface area (Å²) >= 11 is -0.767. The van der Waals surface area contributed by atoms with Gasteiger partial charge in [-0.2, -0.15) is 0 Å². The molecule has 0 saturated carbocycles. The van der Waals surface area contributed by atoms with Gasteiger partial charge in [0.2, 0.25) is 0 Å². The Bertz CT molecular complexity index is 175. The molecular weight excluding hydrogens is 341 g/mol. The average molecular weight is 366 g/mol. The van der Waals surface area contributed by atoms with Crippen molar-refractivity contribution in [2.75, 3.05) is 7.05 Å². The van der Waals surface area contributed by atoms with Crippen LogP contribution in [0.15, 0.2) is 3.34 Å². The molecule has 0 fully saturated rings. The van der Waals surface area contributed by atoms with Crippen molar-refractivity contribution >= 4 is 0 Å². The fourth-order valence-electron chi connectivity index (χ4n) is 2.33. The van der Waals surface area contributed by atoms with Gasteiger partial charge in [0.05, 0.1) is 0 Å². The first-order valence-electron chi connectivity index (χ1n) is 5.58. The molecule has 0 aromatic carbocycles. The molecule has 3 heteroatoms. The Kier molecular flexibility index (Phi) is 6.38. The third-order valence-electron chi connectivity index (χ3n) is 3.73. The maximum atomic E-state index is 4.93. The Morgan fingerprint density at radius 1 is 1.07 bits per heavy atom. The molecule has 2 nitrogen and oxygen atoms in total. The fourth-order valence-corrected chi connectivity index (χ4v) is 4.35. The van der Waals surface area contributed by atoms with Gasteiger partial charge < -0.3 is 0 Å². The summed E-state index contributed by atoms with van der Waals surface area (Å²) in [7, 11) is 2.03. The zero-order valence-electron chi connectivity index (χ0n) is 10.5. The molecule has 0 rings (SSSR count). The summed E-state index contributed by atoms with van der Waals surface area (Å²) in [5.41, 5.74) is 0.568. The SMILES string of the molecule is CCC(CC)(CC)C(C)(C)[N]=[Ta][NH]C. The third kappa shape index (κ3) is 2.99. The minimum atomic E-state index is -0.767. The second-order valence-electron chi connectivity index (χ2n) is 4.32. The minimum absolute atomic E-state index is 0.158. The van der Waals surface area contributed by atoms with Crippen molar-refractivity contribution in [2.45, 2.75) is 59.4 Å². The molecule has 0 spiro atoms. The Balaban J connectivity index is 4.87. The molecule has 1 N–H and O–H groups in total. The normalized spacial score (nSPS) is 13.9. The molecule has 0 aromatic heterocycles. The number of hydrogen-bond acceptors (Lipinski definition) is 1. The summed E-state index contributed by atoms with van der Waals surface area (Å²) in [5.74, 6) is 0. The van der Waals surface area contributed by atoms with Gasteiger partial charge in [0, 0.05) is 0 Å².